The minimum absolute atomic E-state index is 0.193. The zero-order chi connectivity index (χ0) is 14.4. The monoisotopic (exact) mass is 265 g/mol. The van der Waals surface area contributed by atoms with E-state index in [-0.39, 0.29) is 11.5 Å². The fourth-order valence-corrected chi connectivity index (χ4v) is 2.45. The first kappa shape index (κ1) is 12.6. The molecule has 20 heavy (non-hydrogen) atoms. The Labute approximate surface area is 117 Å². The lowest BCUT2D eigenvalue weighted by Gasteiger charge is -2.04. The Morgan fingerprint density at radius 1 is 0.950 bits per heavy atom. The van der Waals surface area contributed by atoms with Crippen LogP contribution in [0.1, 0.15) is 32.6 Å². The third-order valence-electron chi connectivity index (χ3n) is 3.82. The van der Waals surface area contributed by atoms with Crippen molar-refractivity contribution in [2.45, 2.75) is 20.8 Å². The second kappa shape index (κ2) is 4.30. The van der Waals surface area contributed by atoms with Crippen molar-refractivity contribution >= 4 is 17.2 Å². The summed E-state index contributed by atoms with van der Waals surface area (Å²) < 4.78 is 0.759. The third kappa shape index (κ3) is 1.74. The van der Waals surface area contributed by atoms with Gasteiger partial charge in [-0.3, -0.25) is 4.79 Å². The van der Waals surface area contributed by atoms with E-state index in [1.54, 1.807) is 12.1 Å². The predicted molar refractivity (Wildman–Crippen MR) is 78.8 cm³/mol. The normalized spacial score (nSPS) is 13.8. The van der Waals surface area contributed by atoms with E-state index in [2.05, 4.69) is 0 Å². The van der Waals surface area contributed by atoms with Crippen molar-refractivity contribution in [3.8, 4) is 0 Å². The summed E-state index contributed by atoms with van der Waals surface area (Å²) in [6.45, 7) is 5.86. The molecule has 1 aliphatic rings. The van der Waals surface area contributed by atoms with Gasteiger partial charge in [0.2, 0.25) is 5.69 Å². The van der Waals surface area contributed by atoms with Crippen molar-refractivity contribution < 1.29 is 9.53 Å². The first-order chi connectivity index (χ1) is 9.49. The highest BCUT2D eigenvalue weighted by atomic mass is 16.5. The van der Waals surface area contributed by atoms with Crippen LogP contribution in [0.15, 0.2) is 36.4 Å². The fraction of sp³-hybridized carbons (Fsp3) is 0.176. The van der Waals surface area contributed by atoms with Gasteiger partial charge in [-0.1, -0.05) is 17.7 Å². The third-order valence-corrected chi connectivity index (χ3v) is 3.82. The van der Waals surface area contributed by atoms with Crippen LogP contribution in [-0.4, -0.2) is 16.2 Å². The van der Waals surface area contributed by atoms with E-state index in [9.17, 15) is 10.0 Å². The molecule has 0 spiro atoms. The Kier molecular flexibility index (Phi) is 2.71. The summed E-state index contributed by atoms with van der Waals surface area (Å²) in [5.74, 6) is -0.193. The van der Waals surface area contributed by atoms with Gasteiger partial charge in [0.05, 0.1) is 5.56 Å². The van der Waals surface area contributed by atoms with Crippen LogP contribution in [0.25, 0.3) is 0 Å². The van der Waals surface area contributed by atoms with Crippen molar-refractivity contribution in [2.24, 2.45) is 0 Å². The van der Waals surface area contributed by atoms with Crippen molar-refractivity contribution in [2.75, 3.05) is 0 Å². The molecule has 2 aromatic carbocycles. The number of nitrogens with zero attached hydrogens (tertiary/aromatic N) is 1. The molecule has 0 unspecified atom stereocenters. The van der Waals surface area contributed by atoms with E-state index in [1.807, 2.05) is 45.0 Å². The van der Waals surface area contributed by atoms with Gasteiger partial charge in [0.1, 0.15) is 5.56 Å². The second-order valence-corrected chi connectivity index (χ2v) is 5.29. The molecule has 100 valence electrons. The maximum Gasteiger partial charge on any atom is 0.272 e. The molecule has 0 saturated heterocycles. The lowest BCUT2D eigenvalue weighted by molar-refractivity contribution is -0.355. The lowest BCUT2D eigenvalue weighted by Crippen LogP contribution is -2.16. The smallest absolute Gasteiger partial charge is 0.272 e. The minimum Gasteiger partial charge on any atom is -0.618 e. The molecule has 0 bridgehead atoms. The summed E-state index contributed by atoms with van der Waals surface area (Å²) in [7, 11) is 0. The standard InChI is InChI=1S/C17H15NO2/c1-10-4-6-13(7-5-10)16-17(19)14-8-11(2)12(3)9-15(14)18(16)20/h4-9H,1-3H3. The topological polar surface area (TPSA) is 43.1 Å². The Morgan fingerprint density at radius 3 is 2.20 bits per heavy atom. The maximum absolute atomic E-state index is 12.5. The Bertz CT molecular complexity index is 755. The van der Waals surface area contributed by atoms with Crippen LogP contribution in [0.3, 0.4) is 0 Å². The molecular formula is C17H15NO2. The molecule has 0 fully saturated rings. The van der Waals surface area contributed by atoms with Crippen LogP contribution in [0.4, 0.5) is 5.69 Å². The summed E-state index contributed by atoms with van der Waals surface area (Å²) in [6, 6.07) is 11.0. The van der Waals surface area contributed by atoms with Crippen LogP contribution >= 0.6 is 0 Å². The van der Waals surface area contributed by atoms with Gasteiger partial charge in [0, 0.05) is 6.07 Å². The predicted octanol–water partition coefficient (Wildman–Crippen LogP) is 3.44. The molecule has 0 saturated carbocycles. The Hall–Kier alpha value is -2.42. The molecule has 0 N–H and O–H groups in total. The second-order valence-electron chi connectivity index (χ2n) is 5.29. The highest BCUT2D eigenvalue weighted by Gasteiger charge is 2.36. The molecule has 0 amide bonds. The average Bonchev–Trinajstić information content (AvgIpc) is 2.65. The highest BCUT2D eigenvalue weighted by molar-refractivity contribution is 6.52. The quantitative estimate of drug-likeness (QED) is 0.585. The van der Waals surface area contributed by atoms with Gasteiger partial charge in [-0.15, -0.1) is 0 Å². The van der Waals surface area contributed by atoms with E-state index in [0.717, 1.165) is 21.4 Å². The van der Waals surface area contributed by atoms with Crippen LogP contribution in [0, 0.1) is 26.0 Å². The van der Waals surface area contributed by atoms with Crippen LogP contribution in [-0.2, 0) is 0 Å². The largest absolute Gasteiger partial charge is 0.618 e. The molecule has 0 aliphatic carbocycles. The summed E-state index contributed by atoms with van der Waals surface area (Å²) in [5, 5.41) is 12.4. The number of Topliss-reactive ketones (excluding diaryl/α,β-unsaturated/α-hetero) is 1. The zero-order valence-corrected chi connectivity index (χ0v) is 11.7. The number of aryl methyl sites for hydroxylation is 3. The Morgan fingerprint density at radius 2 is 1.55 bits per heavy atom. The Balaban J connectivity index is 2.19. The fourth-order valence-electron chi connectivity index (χ4n) is 2.45. The van der Waals surface area contributed by atoms with Gasteiger partial charge >= 0.3 is 0 Å². The summed E-state index contributed by atoms with van der Waals surface area (Å²) in [6.07, 6.45) is 0. The lowest BCUT2D eigenvalue weighted by atomic mass is 9.99. The van der Waals surface area contributed by atoms with Gasteiger partial charge in [-0.25, -0.2) is 0 Å². The number of hydrogen-bond donors (Lipinski definition) is 0. The van der Waals surface area contributed by atoms with E-state index in [0.29, 0.717) is 16.8 Å². The molecule has 3 rings (SSSR count). The molecule has 3 nitrogen and oxygen atoms in total. The minimum atomic E-state index is -0.193. The highest BCUT2D eigenvalue weighted by Crippen LogP contribution is 2.30. The van der Waals surface area contributed by atoms with Gasteiger partial charge in [-0.05, 0) is 50.1 Å². The zero-order valence-electron chi connectivity index (χ0n) is 11.7. The summed E-state index contributed by atoms with van der Waals surface area (Å²) in [4.78, 5) is 12.5. The number of benzene rings is 2. The van der Waals surface area contributed by atoms with E-state index in [1.165, 1.54) is 0 Å². The van der Waals surface area contributed by atoms with Crippen LogP contribution in [0.5, 0.6) is 0 Å². The molecule has 1 aliphatic heterocycles. The first-order valence-electron chi connectivity index (χ1n) is 6.56. The molecule has 2 aromatic rings. The number of ketones is 1. The molecule has 0 radical (unpaired) electrons. The SMILES string of the molecule is Cc1ccc(C2=[N+]([O-])c3cc(C)c(C)cc3C2=O)cc1. The van der Waals surface area contributed by atoms with Gasteiger partial charge in [0.15, 0.2) is 0 Å². The van der Waals surface area contributed by atoms with E-state index < -0.39 is 0 Å². The van der Waals surface area contributed by atoms with Crippen molar-refractivity contribution in [1.29, 1.82) is 0 Å². The van der Waals surface area contributed by atoms with E-state index in [4.69, 9.17) is 0 Å². The number of rotatable bonds is 1. The molecule has 1 heterocycles. The molecule has 0 atom stereocenters. The maximum atomic E-state index is 12.5. The first-order valence-corrected chi connectivity index (χ1v) is 6.56. The number of carbonyl (C=O) groups excluding carboxylic acids is 1. The number of carbonyl (C=O) groups is 1. The average molecular weight is 265 g/mol. The molecular weight excluding hydrogens is 250 g/mol. The van der Waals surface area contributed by atoms with Crippen molar-refractivity contribution in [3.05, 3.63) is 69.4 Å². The summed E-state index contributed by atoms with van der Waals surface area (Å²) in [5.41, 5.74) is 4.97. The van der Waals surface area contributed by atoms with Gasteiger partial charge < -0.3 is 5.21 Å². The van der Waals surface area contributed by atoms with Crippen LogP contribution in [0.2, 0.25) is 0 Å². The van der Waals surface area contributed by atoms with Gasteiger partial charge in [0.25, 0.3) is 11.5 Å². The number of fused-ring (bicyclic) bond motifs is 1. The molecule has 0 aromatic heterocycles. The van der Waals surface area contributed by atoms with Crippen molar-refractivity contribution in [3.63, 3.8) is 0 Å². The van der Waals surface area contributed by atoms with E-state index >= 15 is 0 Å². The van der Waals surface area contributed by atoms with Crippen LogP contribution < -0.4 is 0 Å². The van der Waals surface area contributed by atoms with Crippen molar-refractivity contribution in [1.82, 2.24) is 0 Å². The summed E-state index contributed by atoms with van der Waals surface area (Å²) >= 11 is 0. The van der Waals surface area contributed by atoms with Gasteiger partial charge in [-0.2, -0.15) is 4.74 Å². The molecule has 3 heteroatoms. The number of hydrogen-bond acceptors (Lipinski definition) is 2.